The van der Waals surface area contributed by atoms with E-state index in [4.69, 9.17) is 29.9 Å². The minimum absolute atomic E-state index is 0.538. The van der Waals surface area contributed by atoms with Gasteiger partial charge >= 0.3 is 0 Å². The lowest BCUT2D eigenvalue weighted by Gasteiger charge is -2.14. The zero-order valence-corrected chi connectivity index (χ0v) is 33.3. The number of aromatic nitrogens is 6. The highest BCUT2D eigenvalue weighted by atomic mass is 15.0. The van der Waals surface area contributed by atoms with Crippen molar-refractivity contribution in [2.24, 2.45) is 0 Å². The van der Waals surface area contributed by atoms with Gasteiger partial charge in [0.25, 0.3) is 0 Å². The van der Waals surface area contributed by atoms with Crippen molar-refractivity contribution in [2.75, 3.05) is 0 Å². The van der Waals surface area contributed by atoms with Crippen molar-refractivity contribution in [3.63, 3.8) is 0 Å². The summed E-state index contributed by atoms with van der Waals surface area (Å²) in [5.74, 6) is 3.49. The van der Waals surface area contributed by atoms with Gasteiger partial charge in [0.2, 0.25) is 0 Å². The first-order valence-corrected chi connectivity index (χ1v) is 20.3. The van der Waals surface area contributed by atoms with Crippen LogP contribution in [0, 0.1) is 11.3 Å². The minimum Gasteiger partial charge on any atom is -0.208 e. The lowest BCUT2D eigenvalue weighted by molar-refractivity contribution is 1.07. The molecule has 0 N–H and O–H groups in total. The van der Waals surface area contributed by atoms with E-state index >= 15 is 0 Å². The van der Waals surface area contributed by atoms with Crippen molar-refractivity contribution < 1.29 is 0 Å². The standard InChI is InChI=1S/C55H35N7/c56-36-37-17-14-26-43(33-37)46-29-10-12-31-48(46)54-60-52(40-22-8-3-9-23-40)61-55(62-54)49-32-13-11-30-47(49)44-27-15-24-41(34-44)42-25-16-28-45(35-42)53-58-50(38-18-4-1-5-19-38)57-51(59-53)39-20-6-2-7-21-39/h1-35H. The van der Waals surface area contributed by atoms with Crippen molar-refractivity contribution in [2.45, 2.75) is 0 Å². The van der Waals surface area contributed by atoms with E-state index in [1.165, 1.54) is 0 Å². The Morgan fingerprint density at radius 1 is 0.242 bits per heavy atom. The van der Waals surface area contributed by atoms with Gasteiger partial charge in [-0.05, 0) is 57.6 Å². The van der Waals surface area contributed by atoms with Crippen LogP contribution in [0.2, 0.25) is 0 Å². The Hall–Kier alpha value is -8.73. The average Bonchev–Trinajstić information content (AvgIpc) is 3.37. The van der Waals surface area contributed by atoms with Crippen LogP contribution in [0.1, 0.15) is 5.56 Å². The Labute approximate surface area is 359 Å². The molecule has 8 aromatic carbocycles. The number of hydrogen-bond acceptors (Lipinski definition) is 7. The van der Waals surface area contributed by atoms with Crippen LogP contribution in [0.4, 0.5) is 0 Å². The lowest BCUT2D eigenvalue weighted by Crippen LogP contribution is -2.02. The van der Waals surface area contributed by atoms with E-state index < -0.39 is 0 Å². The molecule has 0 aliphatic carbocycles. The summed E-state index contributed by atoms with van der Waals surface area (Å²) in [4.78, 5) is 30.2. The summed E-state index contributed by atoms with van der Waals surface area (Å²) in [7, 11) is 0. The average molecular weight is 794 g/mol. The second-order valence-corrected chi connectivity index (χ2v) is 14.7. The summed E-state index contributed by atoms with van der Waals surface area (Å²) >= 11 is 0. The molecule has 0 saturated heterocycles. The third-order valence-electron chi connectivity index (χ3n) is 10.6. The molecule has 2 aromatic heterocycles. The van der Waals surface area contributed by atoms with Crippen molar-refractivity contribution >= 4 is 0 Å². The Bertz CT molecular complexity index is 3200. The highest BCUT2D eigenvalue weighted by Gasteiger charge is 2.19. The number of nitrogens with zero attached hydrogens (tertiary/aromatic N) is 7. The topological polar surface area (TPSA) is 101 Å². The molecular formula is C55H35N7. The first-order chi connectivity index (χ1) is 30.7. The van der Waals surface area contributed by atoms with Gasteiger partial charge in [0.1, 0.15) is 0 Å². The molecule has 0 aliphatic heterocycles. The maximum Gasteiger partial charge on any atom is 0.164 e. The van der Waals surface area contributed by atoms with Gasteiger partial charge in [-0.15, -0.1) is 0 Å². The summed E-state index contributed by atoms with van der Waals surface area (Å²) in [6, 6.07) is 73.0. The first-order valence-electron chi connectivity index (χ1n) is 20.3. The van der Waals surface area contributed by atoms with Crippen LogP contribution in [0.15, 0.2) is 212 Å². The van der Waals surface area contributed by atoms with E-state index in [9.17, 15) is 5.26 Å². The molecule has 7 heteroatoms. The molecule has 0 saturated carbocycles. The summed E-state index contributed by atoms with van der Waals surface area (Å²) in [6.45, 7) is 0. The van der Waals surface area contributed by atoms with Crippen LogP contribution >= 0.6 is 0 Å². The Morgan fingerprint density at radius 2 is 0.548 bits per heavy atom. The molecule has 0 atom stereocenters. The maximum absolute atomic E-state index is 9.68. The van der Waals surface area contributed by atoms with Crippen molar-refractivity contribution in [3.05, 3.63) is 218 Å². The third kappa shape index (κ3) is 7.75. The summed E-state index contributed by atoms with van der Waals surface area (Å²) in [5, 5.41) is 9.68. The van der Waals surface area contributed by atoms with Crippen LogP contribution in [-0.2, 0) is 0 Å². The van der Waals surface area contributed by atoms with Crippen molar-refractivity contribution in [1.82, 2.24) is 29.9 Å². The number of nitriles is 1. The second kappa shape index (κ2) is 16.9. The van der Waals surface area contributed by atoms with Gasteiger partial charge in [-0.1, -0.05) is 188 Å². The molecule has 0 radical (unpaired) electrons. The van der Waals surface area contributed by atoms with Gasteiger partial charge in [-0.3, -0.25) is 0 Å². The highest BCUT2D eigenvalue weighted by Crippen LogP contribution is 2.37. The zero-order chi connectivity index (χ0) is 41.7. The van der Waals surface area contributed by atoms with Crippen LogP contribution in [0.3, 0.4) is 0 Å². The monoisotopic (exact) mass is 793 g/mol. The Morgan fingerprint density at radius 3 is 1.02 bits per heavy atom. The van der Waals surface area contributed by atoms with E-state index in [1.54, 1.807) is 0 Å². The Kier molecular flexibility index (Phi) is 10.2. The molecule has 0 aliphatic rings. The number of rotatable bonds is 9. The van der Waals surface area contributed by atoms with E-state index in [1.807, 2.05) is 164 Å². The number of hydrogen-bond donors (Lipinski definition) is 0. The van der Waals surface area contributed by atoms with Crippen LogP contribution in [0.5, 0.6) is 0 Å². The molecule has 62 heavy (non-hydrogen) atoms. The van der Waals surface area contributed by atoms with E-state index in [-0.39, 0.29) is 0 Å². The molecule has 0 spiro atoms. The molecule has 10 rings (SSSR count). The minimum atomic E-state index is 0.538. The highest BCUT2D eigenvalue weighted by molar-refractivity contribution is 5.86. The predicted molar refractivity (Wildman–Crippen MR) is 247 cm³/mol. The third-order valence-corrected chi connectivity index (χ3v) is 10.6. The Balaban J connectivity index is 1.06. The second-order valence-electron chi connectivity index (χ2n) is 14.7. The van der Waals surface area contributed by atoms with Crippen molar-refractivity contribution in [1.29, 1.82) is 5.26 Å². The normalized spacial score (nSPS) is 10.9. The summed E-state index contributed by atoms with van der Waals surface area (Å²) in [6.07, 6.45) is 0. The van der Waals surface area contributed by atoms with Gasteiger partial charge in [0.15, 0.2) is 34.9 Å². The van der Waals surface area contributed by atoms with Crippen LogP contribution < -0.4 is 0 Å². The maximum atomic E-state index is 9.68. The fraction of sp³-hybridized carbons (Fsp3) is 0. The molecular weight excluding hydrogens is 759 g/mol. The molecule has 10 aromatic rings. The van der Waals surface area contributed by atoms with Gasteiger partial charge in [-0.25, -0.2) is 29.9 Å². The van der Waals surface area contributed by atoms with Gasteiger partial charge in [0, 0.05) is 33.4 Å². The zero-order valence-electron chi connectivity index (χ0n) is 33.3. The van der Waals surface area contributed by atoms with Crippen LogP contribution in [0.25, 0.3) is 102 Å². The molecule has 0 fully saturated rings. The smallest absolute Gasteiger partial charge is 0.164 e. The molecule has 0 unspecified atom stereocenters. The fourth-order valence-corrected chi connectivity index (χ4v) is 7.59. The lowest BCUT2D eigenvalue weighted by atomic mass is 9.94. The number of benzene rings is 8. The molecule has 0 bridgehead atoms. The van der Waals surface area contributed by atoms with Gasteiger partial charge < -0.3 is 0 Å². The largest absolute Gasteiger partial charge is 0.208 e. The van der Waals surface area contributed by atoms with Gasteiger partial charge in [-0.2, -0.15) is 5.26 Å². The summed E-state index contributed by atoms with van der Waals surface area (Å²) < 4.78 is 0. The van der Waals surface area contributed by atoms with Crippen LogP contribution in [-0.4, -0.2) is 29.9 Å². The van der Waals surface area contributed by atoms with E-state index in [0.29, 0.717) is 40.5 Å². The molecule has 0 amide bonds. The van der Waals surface area contributed by atoms with Crippen molar-refractivity contribution in [3.8, 4) is 108 Å². The quantitative estimate of drug-likeness (QED) is 0.143. The molecule has 2 heterocycles. The molecule has 290 valence electrons. The van der Waals surface area contributed by atoms with E-state index in [0.717, 1.165) is 66.8 Å². The van der Waals surface area contributed by atoms with E-state index in [2.05, 4.69) is 54.6 Å². The first kappa shape index (κ1) is 37.5. The van der Waals surface area contributed by atoms with Gasteiger partial charge in [0.05, 0.1) is 11.6 Å². The fourth-order valence-electron chi connectivity index (χ4n) is 7.59. The SMILES string of the molecule is N#Cc1cccc(-c2ccccc2-c2nc(-c3ccccc3)nc(-c3ccccc3-c3cccc(-c4cccc(-c5nc(-c6ccccc6)nc(-c6ccccc6)n5)c4)c3)n2)c1. The summed E-state index contributed by atoms with van der Waals surface area (Å²) in [5.41, 5.74) is 11.8. The predicted octanol–water partition coefficient (Wildman–Crippen LogP) is 12.9. The molecule has 7 nitrogen and oxygen atoms in total.